The first-order valence-corrected chi connectivity index (χ1v) is 16.7. The van der Waals surface area contributed by atoms with Gasteiger partial charge in [-0.25, -0.2) is 0 Å². The highest BCUT2D eigenvalue weighted by Crippen LogP contribution is 2.87. The van der Waals surface area contributed by atoms with Crippen molar-refractivity contribution in [3.8, 4) is 0 Å². The van der Waals surface area contributed by atoms with Crippen LogP contribution in [0.4, 0.5) is 0 Å². The summed E-state index contributed by atoms with van der Waals surface area (Å²) in [6.07, 6.45) is -6.15. The monoisotopic (exact) mass is 690 g/mol. The highest BCUT2D eigenvalue weighted by molar-refractivity contribution is 5.74. The Labute approximate surface area is 281 Å². The molecule has 268 valence electrons. The molecule has 2 spiro atoms. The van der Waals surface area contributed by atoms with Gasteiger partial charge >= 0.3 is 23.9 Å². The Bertz CT molecular complexity index is 1660. The number of esters is 4. The highest BCUT2D eigenvalue weighted by atomic mass is 16.8. The summed E-state index contributed by atoms with van der Waals surface area (Å²) in [7, 11) is 0. The van der Waals surface area contributed by atoms with E-state index < -0.39 is 117 Å². The molecule has 3 aliphatic heterocycles. The summed E-state index contributed by atoms with van der Waals surface area (Å²) >= 11 is 0. The van der Waals surface area contributed by atoms with Crippen LogP contribution in [0.15, 0.2) is 23.0 Å². The van der Waals surface area contributed by atoms with E-state index in [0.717, 1.165) is 6.92 Å². The van der Waals surface area contributed by atoms with Crippen molar-refractivity contribution < 1.29 is 72.4 Å². The van der Waals surface area contributed by atoms with Crippen LogP contribution in [0.5, 0.6) is 0 Å². The molecule has 0 aromatic carbocycles. The van der Waals surface area contributed by atoms with Crippen LogP contribution in [-0.2, 0) is 47.6 Å². The number of cyclic esters (lactones) is 1. The third-order valence-electron chi connectivity index (χ3n) is 14.0. The summed E-state index contributed by atoms with van der Waals surface area (Å²) in [6.45, 7) is 7.87. The van der Waals surface area contributed by atoms with Crippen LogP contribution in [0.3, 0.4) is 0 Å². The molecule has 1 aromatic heterocycles. The molecule has 0 radical (unpaired) electrons. The van der Waals surface area contributed by atoms with Gasteiger partial charge in [0.05, 0.1) is 24.0 Å². The zero-order chi connectivity index (χ0) is 35.5. The minimum absolute atomic E-state index is 0.0111. The Hall–Kier alpha value is -3.08. The summed E-state index contributed by atoms with van der Waals surface area (Å²) < 4.78 is 43.0. The molecule has 7 fully saturated rings. The molecule has 4 heterocycles. The minimum atomic E-state index is -2.67. The second kappa shape index (κ2) is 9.42. The van der Waals surface area contributed by atoms with E-state index >= 15 is 0 Å². The maximum absolute atomic E-state index is 13.8. The normalized spacial score (nSPS) is 53.3. The second-order valence-corrected chi connectivity index (χ2v) is 15.8. The molecular formula is C34H42O15. The van der Waals surface area contributed by atoms with Crippen molar-refractivity contribution in [1.82, 2.24) is 0 Å². The lowest BCUT2D eigenvalue weighted by Crippen LogP contribution is -2.97. The molecule has 7 aliphatic rings. The summed E-state index contributed by atoms with van der Waals surface area (Å²) in [4.78, 5) is 52.0. The van der Waals surface area contributed by atoms with Gasteiger partial charge in [-0.15, -0.1) is 0 Å². The maximum Gasteiger partial charge on any atom is 0.306 e. The van der Waals surface area contributed by atoms with Crippen molar-refractivity contribution in [2.45, 2.75) is 126 Å². The zero-order valence-electron chi connectivity index (χ0n) is 28.1. The number of hydrogen-bond acceptors (Lipinski definition) is 15. The van der Waals surface area contributed by atoms with E-state index in [1.807, 2.05) is 0 Å². The average molecular weight is 691 g/mol. The molecule has 4 aliphatic carbocycles. The van der Waals surface area contributed by atoms with Crippen LogP contribution in [0.25, 0.3) is 0 Å². The Morgan fingerprint density at radius 2 is 1.76 bits per heavy atom. The van der Waals surface area contributed by atoms with Crippen LogP contribution in [0.2, 0.25) is 0 Å². The lowest BCUT2D eigenvalue weighted by atomic mass is 9.32. The number of fused-ring (bicyclic) bond motifs is 4. The molecule has 4 bridgehead atoms. The van der Waals surface area contributed by atoms with Crippen LogP contribution in [-0.4, -0.2) is 104 Å². The number of carbonyl (C=O) groups is 4. The number of carbonyl (C=O) groups excluding carboxylic acids is 4. The van der Waals surface area contributed by atoms with Gasteiger partial charge in [0.2, 0.25) is 5.60 Å². The Balaban J connectivity index is 1.49. The van der Waals surface area contributed by atoms with E-state index in [0.29, 0.717) is 5.56 Å². The van der Waals surface area contributed by atoms with Gasteiger partial charge in [-0.3, -0.25) is 19.2 Å². The SMILES string of the molecule is CCC12C[C@@H]3[C@](C)([C@@H](OC(C)=O)c4ccoc4)[C@@H](O)[C@@H](O)[C@@]4(O)[C@]3(O1)[C@H](O2)[C@@]1(OC(C)=O)[C@@H](OC(C)=O)[C@]2(C)C[C@@]1(O)[C@]41COC(=O)C[C@@H]21. The van der Waals surface area contributed by atoms with Gasteiger partial charge in [-0.2, -0.15) is 0 Å². The molecule has 0 amide bonds. The van der Waals surface area contributed by atoms with Gasteiger partial charge in [0, 0.05) is 55.9 Å². The van der Waals surface area contributed by atoms with E-state index in [1.165, 1.54) is 26.4 Å². The minimum Gasteiger partial charge on any atom is -0.472 e. The third-order valence-corrected chi connectivity index (χ3v) is 14.0. The van der Waals surface area contributed by atoms with Gasteiger partial charge in [0.1, 0.15) is 41.7 Å². The van der Waals surface area contributed by atoms with E-state index in [2.05, 4.69) is 0 Å². The Morgan fingerprint density at radius 3 is 2.35 bits per heavy atom. The van der Waals surface area contributed by atoms with Crippen molar-refractivity contribution in [2.24, 2.45) is 28.1 Å². The molecule has 1 unspecified atom stereocenters. The van der Waals surface area contributed by atoms with Crippen LogP contribution in [0, 0.1) is 28.1 Å². The first-order valence-electron chi connectivity index (χ1n) is 16.7. The first kappa shape index (κ1) is 33.1. The number of hydrogen-bond donors (Lipinski definition) is 4. The van der Waals surface area contributed by atoms with Crippen molar-refractivity contribution in [1.29, 1.82) is 0 Å². The van der Waals surface area contributed by atoms with Crippen LogP contribution < -0.4 is 0 Å². The van der Waals surface area contributed by atoms with Crippen molar-refractivity contribution in [3.05, 3.63) is 24.2 Å². The number of rotatable bonds is 6. The van der Waals surface area contributed by atoms with E-state index in [9.17, 15) is 39.6 Å². The predicted molar refractivity (Wildman–Crippen MR) is 157 cm³/mol. The first-order chi connectivity index (χ1) is 22.8. The van der Waals surface area contributed by atoms with Gasteiger partial charge < -0.3 is 53.3 Å². The maximum atomic E-state index is 13.8. The number of ether oxygens (including phenoxy) is 6. The number of aliphatic hydroxyl groups excluding tert-OH is 2. The lowest BCUT2D eigenvalue weighted by Gasteiger charge is -2.77. The largest absolute Gasteiger partial charge is 0.472 e. The fourth-order valence-corrected chi connectivity index (χ4v) is 12.6. The lowest BCUT2D eigenvalue weighted by molar-refractivity contribution is -0.450. The quantitative estimate of drug-likeness (QED) is 0.237. The fraction of sp³-hybridized carbons (Fsp3) is 0.765. The summed E-state index contributed by atoms with van der Waals surface area (Å²) in [5.74, 6) is -6.68. The van der Waals surface area contributed by atoms with Crippen molar-refractivity contribution >= 4 is 23.9 Å². The van der Waals surface area contributed by atoms with Gasteiger partial charge in [0.15, 0.2) is 11.9 Å². The Morgan fingerprint density at radius 1 is 1.04 bits per heavy atom. The summed E-state index contributed by atoms with van der Waals surface area (Å²) in [5.41, 5.74) is -14.2. The smallest absolute Gasteiger partial charge is 0.306 e. The number of aliphatic hydroxyl groups is 4. The fourth-order valence-electron chi connectivity index (χ4n) is 12.6. The molecule has 15 nitrogen and oxygen atoms in total. The molecule has 15 atom stereocenters. The molecule has 15 heteroatoms. The molecule has 4 N–H and O–H groups in total. The highest BCUT2D eigenvalue weighted by Gasteiger charge is 3.04. The molecular weight excluding hydrogens is 648 g/mol. The van der Waals surface area contributed by atoms with E-state index in [1.54, 1.807) is 26.8 Å². The topological polar surface area (TPSA) is 218 Å². The van der Waals surface area contributed by atoms with Crippen LogP contribution >= 0.6 is 0 Å². The molecule has 8 rings (SSSR count). The van der Waals surface area contributed by atoms with E-state index in [-0.39, 0.29) is 25.7 Å². The Kier molecular flexibility index (Phi) is 6.36. The summed E-state index contributed by atoms with van der Waals surface area (Å²) in [5, 5.41) is 52.3. The molecule has 49 heavy (non-hydrogen) atoms. The molecule has 3 saturated heterocycles. The molecule has 1 aromatic rings. The van der Waals surface area contributed by atoms with E-state index in [4.69, 9.17) is 32.8 Å². The average Bonchev–Trinajstić information content (AvgIpc) is 3.82. The number of furan rings is 1. The predicted octanol–water partition coefficient (Wildman–Crippen LogP) is 0.588. The second-order valence-electron chi connectivity index (χ2n) is 15.8. The van der Waals surface area contributed by atoms with Crippen molar-refractivity contribution in [3.63, 3.8) is 0 Å². The third kappa shape index (κ3) is 3.16. The van der Waals surface area contributed by atoms with Crippen LogP contribution in [0.1, 0.15) is 78.9 Å². The van der Waals surface area contributed by atoms with Gasteiger partial charge in [-0.05, 0) is 24.8 Å². The standard InChI is InChI=1S/C34H42O15/c1-7-29-11-20-28(6,24(45-15(2)35)18-8-9-43-12-18)22(39)23(40)34(42)30-14-44-21(38)10-19(30)27(5)13-31(30,41)33(47-17(4)37,25(27)46-16(3)36)26(48-29)32(20,34)49-29/h8-9,12,19-20,22-26,39-42H,7,10-11,13-14H2,1-6H3/t19-,20+,22-,23+,24-,25-,26-,27+,28-,29?,30+,31+,32+,33-,34-/m0/s1. The van der Waals surface area contributed by atoms with Gasteiger partial charge in [0.25, 0.3) is 0 Å². The summed E-state index contributed by atoms with van der Waals surface area (Å²) in [6, 6.07) is 1.55. The molecule has 4 saturated carbocycles. The van der Waals surface area contributed by atoms with Crippen molar-refractivity contribution in [2.75, 3.05) is 6.61 Å². The zero-order valence-corrected chi connectivity index (χ0v) is 28.1. The van der Waals surface area contributed by atoms with Gasteiger partial charge in [-0.1, -0.05) is 20.8 Å².